The molecule has 0 aliphatic carbocycles. The van der Waals surface area contributed by atoms with Gasteiger partial charge in [-0.3, -0.25) is 4.79 Å². The van der Waals surface area contributed by atoms with Crippen LogP contribution in [0.2, 0.25) is 0 Å². The molecule has 2 aliphatic rings. The summed E-state index contributed by atoms with van der Waals surface area (Å²) >= 11 is 2.88. The Balaban J connectivity index is 1.23. The summed E-state index contributed by atoms with van der Waals surface area (Å²) in [5.74, 6) is 0.726. The van der Waals surface area contributed by atoms with E-state index < -0.39 is 5.91 Å². The molecule has 10 heteroatoms. The van der Waals surface area contributed by atoms with Crippen molar-refractivity contribution < 1.29 is 9.53 Å². The molecule has 2 saturated heterocycles. The van der Waals surface area contributed by atoms with E-state index in [0.29, 0.717) is 10.8 Å². The predicted molar refractivity (Wildman–Crippen MR) is 152 cm³/mol. The van der Waals surface area contributed by atoms with E-state index in [2.05, 4.69) is 32.2 Å². The Hall–Kier alpha value is -3.21. The predicted octanol–water partition coefficient (Wildman–Crippen LogP) is 5.34. The van der Waals surface area contributed by atoms with Crippen molar-refractivity contribution in [2.24, 2.45) is 5.73 Å². The second-order valence-electron chi connectivity index (χ2n) is 9.53. The second-order valence-corrected chi connectivity index (χ2v) is 11.5. The standard InChI is InChI=1S/C27H30N6O2S2/c1-35-20-15-18(33-12-8-17(9-13-33)32-10-2-3-11-32)6-7-19(20)30-27-29-16-22-24(31-27)23(21-5-4-14-36-21)25(37-22)26(28)34/h4-7,14-17H,2-3,8-13H2,1H3,(H2,28,34)(H,29,30,31). The van der Waals surface area contributed by atoms with Crippen molar-refractivity contribution in [3.63, 3.8) is 0 Å². The van der Waals surface area contributed by atoms with Gasteiger partial charge in [-0.05, 0) is 62.4 Å². The lowest BCUT2D eigenvalue weighted by atomic mass is 10.0. The monoisotopic (exact) mass is 534 g/mol. The summed E-state index contributed by atoms with van der Waals surface area (Å²) in [7, 11) is 1.68. The lowest BCUT2D eigenvalue weighted by Crippen LogP contribution is -2.43. The normalized spacial score (nSPS) is 16.9. The van der Waals surface area contributed by atoms with Gasteiger partial charge in [-0.15, -0.1) is 22.7 Å². The molecule has 8 nitrogen and oxygen atoms in total. The maximum atomic E-state index is 12.1. The Kier molecular flexibility index (Phi) is 6.71. The highest BCUT2D eigenvalue weighted by molar-refractivity contribution is 7.22. The fourth-order valence-electron chi connectivity index (χ4n) is 5.47. The number of methoxy groups -OCH3 is 1. The second kappa shape index (κ2) is 10.3. The minimum Gasteiger partial charge on any atom is -0.494 e. The van der Waals surface area contributed by atoms with Crippen LogP contribution in [0.15, 0.2) is 41.9 Å². The summed E-state index contributed by atoms with van der Waals surface area (Å²) in [5, 5.41) is 5.30. The number of nitrogens with zero attached hydrogens (tertiary/aromatic N) is 4. The molecule has 5 heterocycles. The Bertz CT molecular complexity index is 1410. The third-order valence-corrected chi connectivity index (χ3v) is 9.36. The molecule has 4 aromatic rings. The van der Waals surface area contributed by atoms with Gasteiger partial charge in [0.15, 0.2) is 0 Å². The smallest absolute Gasteiger partial charge is 0.259 e. The molecule has 0 atom stereocenters. The molecule has 0 unspecified atom stereocenters. The zero-order valence-corrected chi connectivity index (χ0v) is 22.4. The van der Waals surface area contributed by atoms with Gasteiger partial charge in [0.2, 0.25) is 5.95 Å². The molecular weight excluding hydrogens is 504 g/mol. The van der Waals surface area contributed by atoms with Gasteiger partial charge in [-0.2, -0.15) is 0 Å². The molecular formula is C27H30N6O2S2. The first-order valence-corrected chi connectivity index (χ1v) is 14.4. The summed E-state index contributed by atoms with van der Waals surface area (Å²) in [6.07, 6.45) is 6.84. The molecule has 3 aromatic heterocycles. The lowest BCUT2D eigenvalue weighted by molar-refractivity contribution is 0.100. The zero-order chi connectivity index (χ0) is 25.4. The molecule has 2 aliphatic heterocycles. The van der Waals surface area contributed by atoms with Crippen molar-refractivity contribution in [1.82, 2.24) is 14.9 Å². The summed E-state index contributed by atoms with van der Waals surface area (Å²) in [6.45, 7) is 4.64. The number of nitrogens with two attached hydrogens (primary N) is 1. The number of aromatic nitrogens is 2. The number of carbonyl (C=O) groups excluding carboxylic acids is 1. The molecule has 6 rings (SSSR count). The Morgan fingerprint density at radius 2 is 1.97 bits per heavy atom. The van der Waals surface area contributed by atoms with Crippen LogP contribution >= 0.6 is 22.7 Å². The number of primary amides is 1. The van der Waals surface area contributed by atoms with Crippen LogP contribution in [0.5, 0.6) is 5.75 Å². The zero-order valence-electron chi connectivity index (χ0n) is 20.8. The average Bonchev–Trinajstić information content (AvgIpc) is 3.70. The number of hydrogen-bond acceptors (Lipinski definition) is 9. The van der Waals surface area contributed by atoms with Crippen molar-refractivity contribution >= 4 is 56.1 Å². The number of ether oxygens (including phenoxy) is 1. The molecule has 0 radical (unpaired) electrons. The number of benzene rings is 1. The molecule has 37 heavy (non-hydrogen) atoms. The summed E-state index contributed by atoms with van der Waals surface area (Å²) in [4.78, 5) is 28.0. The Morgan fingerprint density at radius 1 is 1.16 bits per heavy atom. The van der Waals surface area contributed by atoms with Crippen LogP contribution in [-0.2, 0) is 0 Å². The number of amides is 1. The van der Waals surface area contributed by atoms with E-state index in [1.807, 2.05) is 23.6 Å². The van der Waals surface area contributed by atoms with Crippen LogP contribution in [0.4, 0.5) is 17.3 Å². The van der Waals surface area contributed by atoms with Crippen molar-refractivity contribution in [3.05, 3.63) is 46.8 Å². The van der Waals surface area contributed by atoms with Gasteiger partial charge in [0.25, 0.3) is 5.91 Å². The fraction of sp³-hybridized carbons (Fsp3) is 0.370. The number of fused-ring (bicyclic) bond motifs is 1. The van der Waals surface area contributed by atoms with Crippen LogP contribution in [0.1, 0.15) is 35.4 Å². The van der Waals surface area contributed by atoms with Crippen LogP contribution in [0, 0.1) is 0 Å². The summed E-state index contributed by atoms with van der Waals surface area (Å²) in [6, 6.07) is 10.9. The van der Waals surface area contributed by atoms with E-state index in [9.17, 15) is 4.79 Å². The topological polar surface area (TPSA) is 96.6 Å². The maximum Gasteiger partial charge on any atom is 0.259 e. The first kappa shape index (κ1) is 24.1. The number of nitrogens with one attached hydrogen (secondary N) is 1. The minimum atomic E-state index is -0.456. The van der Waals surface area contributed by atoms with Crippen LogP contribution in [0.25, 0.3) is 20.7 Å². The van der Waals surface area contributed by atoms with Crippen molar-refractivity contribution in [1.29, 1.82) is 0 Å². The molecule has 0 bridgehead atoms. The SMILES string of the molecule is COc1cc(N2CCC(N3CCCC3)CC2)ccc1Nc1ncc2sc(C(N)=O)c(-c3cccs3)c2n1. The third-order valence-electron chi connectivity index (χ3n) is 7.34. The summed E-state index contributed by atoms with van der Waals surface area (Å²) in [5.41, 5.74) is 9.14. The number of hydrogen-bond donors (Lipinski definition) is 2. The number of likely N-dealkylation sites (tertiary alicyclic amines) is 1. The van der Waals surface area contributed by atoms with Gasteiger partial charge in [0, 0.05) is 41.3 Å². The van der Waals surface area contributed by atoms with Gasteiger partial charge in [-0.25, -0.2) is 9.97 Å². The van der Waals surface area contributed by atoms with Crippen molar-refractivity contribution in [3.8, 4) is 16.2 Å². The highest BCUT2D eigenvalue weighted by Gasteiger charge is 2.27. The first-order chi connectivity index (χ1) is 18.1. The number of thiophene rings is 2. The highest BCUT2D eigenvalue weighted by atomic mass is 32.1. The molecule has 0 spiro atoms. The third kappa shape index (κ3) is 4.76. The maximum absolute atomic E-state index is 12.1. The number of carbonyl (C=O) groups is 1. The largest absolute Gasteiger partial charge is 0.494 e. The molecule has 1 amide bonds. The van der Waals surface area contributed by atoms with Crippen molar-refractivity contribution in [2.75, 3.05) is 43.5 Å². The summed E-state index contributed by atoms with van der Waals surface area (Å²) < 4.78 is 6.57. The van der Waals surface area contributed by atoms with Gasteiger partial charge in [0.1, 0.15) is 10.6 Å². The van der Waals surface area contributed by atoms with Gasteiger partial charge in [0.05, 0.1) is 29.2 Å². The number of anilines is 3. The van der Waals surface area contributed by atoms with Crippen LogP contribution in [0.3, 0.4) is 0 Å². The van der Waals surface area contributed by atoms with E-state index in [4.69, 9.17) is 15.5 Å². The molecule has 192 valence electrons. The lowest BCUT2D eigenvalue weighted by Gasteiger charge is -2.38. The van der Waals surface area contributed by atoms with E-state index in [1.165, 1.54) is 55.8 Å². The molecule has 1 aromatic carbocycles. The van der Waals surface area contributed by atoms with Crippen LogP contribution < -0.4 is 20.7 Å². The van der Waals surface area contributed by atoms with Gasteiger partial charge >= 0.3 is 0 Å². The quantitative estimate of drug-likeness (QED) is 0.331. The van der Waals surface area contributed by atoms with Crippen LogP contribution in [-0.4, -0.2) is 60.1 Å². The molecule has 3 N–H and O–H groups in total. The van der Waals surface area contributed by atoms with E-state index in [0.717, 1.165) is 51.2 Å². The molecule has 2 fully saturated rings. The molecule has 0 saturated carbocycles. The van der Waals surface area contributed by atoms with Crippen molar-refractivity contribution in [2.45, 2.75) is 31.7 Å². The number of piperidine rings is 1. The van der Waals surface area contributed by atoms with Gasteiger partial charge in [-0.1, -0.05) is 6.07 Å². The van der Waals surface area contributed by atoms with E-state index in [-0.39, 0.29) is 0 Å². The highest BCUT2D eigenvalue weighted by Crippen LogP contribution is 2.40. The fourth-order valence-corrected chi connectivity index (χ4v) is 7.29. The Morgan fingerprint density at radius 3 is 2.68 bits per heavy atom. The first-order valence-electron chi connectivity index (χ1n) is 12.7. The number of rotatable bonds is 7. The van der Waals surface area contributed by atoms with E-state index in [1.54, 1.807) is 24.6 Å². The Labute approximate surface area is 224 Å². The van der Waals surface area contributed by atoms with E-state index >= 15 is 0 Å². The van der Waals surface area contributed by atoms with Gasteiger partial charge < -0.3 is 25.6 Å². The average molecular weight is 535 g/mol. The minimum absolute atomic E-state index is 0.441.